The highest BCUT2D eigenvalue weighted by Crippen LogP contribution is 2.41. The number of benzene rings is 2. The van der Waals surface area contributed by atoms with Gasteiger partial charge in [0.1, 0.15) is 0 Å². The lowest BCUT2D eigenvalue weighted by atomic mass is 9.78. The van der Waals surface area contributed by atoms with E-state index < -0.39 is 11.4 Å². The minimum atomic E-state index is -1.95. The third-order valence-corrected chi connectivity index (χ3v) is 8.39. The maximum Gasteiger partial charge on any atom is 0.216 e. The Morgan fingerprint density at radius 1 is 1.09 bits per heavy atom. The highest BCUT2D eigenvalue weighted by atomic mass is 19.1. The average molecular weight is 483 g/mol. The summed E-state index contributed by atoms with van der Waals surface area (Å²) >= 11 is 0. The predicted octanol–water partition coefficient (Wildman–Crippen LogP) is 3.89. The maximum atomic E-state index is 14.6. The molecule has 35 heavy (non-hydrogen) atoms. The number of carbonyl (C=O) groups is 1. The van der Waals surface area contributed by atoms with E-state index in [-0.39, 0.29) is 23.1 Å². The van der Waals surface area contributed by atoms with Gasteiger partial charge in [0.25, 0.3) is 0 Å². The molecule has 6 heteroatoms. The van der Waals surface area contributed by atoms with Crippen LogP contribution >= 0.6 is 0 Å². The second kappa shape index (κ2) is 10.7. The molecule has 1 heterocycles. The van der Waals surface area contributed by atoms with Crippen LogP contribution in [0.3, 0.4) is 0 Å². The summed E-state index contributed by atoms with van der Waals surface area (Å²) in [5, 5.41) is 14.4. The number of likely N-dealkylation sites (N-methyl/N-ethyl adjacent to an activating group) is 1. The van der Waals surface area contributed by atoms with Crippen LogP contribution in [0.15, 0.2) is 48.5 Å². The first-order valence-electron chi connectivity index (χ1n) is 13.0. The molecule has 1 saturated heterocycles. The first-order chi connectivity index (χ1) is 16.8. The van der Waals surface area contributed by atoms with Crippen molar-refractivity contribution in [3.63, 3.8) is 0 Å². The van der Waals surface area contributed by atoms with Gasteiger partial charge in [-0.25, -0.2) is 4.39 Å². The van der Waals surface area contributed by atoms with Gasteiger partial charge in [-0.3, -0.25) is 4.79 Å². The molecule has 1 atom stereocenters. The zero-order valence-corrected chi connectivity index (χ0v) is 21.3. The van der Waals surface area contributed by atoms with Gasteiger partial charge in [0, 0.05) is 32.4 Å². The fraction of sp³-hybridized carbons (Fsp3) is 0.552. The van der Waals surface area contributed by atoms with E-state index in [0.717, 1.165) is 43.1 Å². The monoisotopic (exact) mass is 482 g/mol. The number of halogens is 1. The molecule has 2 aliphatic rings. The number of methoxy groups -OCH3 is 1. The fourth-order valence-corrected chi connectivity index (χ4v) is 6.01. The summed E-state index contributed by atoms with van der Waals surface area (Å²) in [6.45, 7) is 2.18. The third-order valence-electron chi connectivity index (χ3n) is 8.39. The minimum Gasteiger partial charge on any atom is -0.839 e. The van der Waals surface area contributed by atoms with Gasteiger partial charge in [-0.2, -0.15) is 0 Å². The molecule has 1 saturated carbocycles. The van der Waals surface area contributed by atoms with Crippen LogP contribution < -0.4 is 9.84 Å². The Morgan fingerprint density at radius 3 is 2.34 bits per heavy atom. The molecule has 2 fully saturated rings. The molecule has 1 aliphatic carbocycles. The van der Waals surface area contributed by atoms with Gasteiger partial charge in [-0.1, -0.05) is 62.1 Å². The van der Waals surface area contributed by atoms with E-state index in [4.69, 9.17) is 4.74 Å². The van der Waals surface area contributed by atoms with Crippen molar-refractivity contribution in [3.8, 4) is 5.75 Å². The van der Waals surface area contributed by atoms with Crippen molar-refractivity contribution in [2.24, 2.45) is 5.92 Å². The van der Waals surface area contributed by atoms with Gasteiger partial charge in [-0.05, 0) is 34.8 Å². The van der Waals surface area contributed by atoms with E-state index in [2.05, 4.69) is 38.4 Å². The minimum absolute atomic E-state index is 0.0892. The van der Waals surface area contributed by atoms with Crippen LogP contribution in [-0.4, -0.2) is 62.2 Å². The molecule has 2 aromatic carbocycles. The number of ether oxygens (including phenoxy) is 1. The molecule has 0 N–H and O–H groups in total. The van der Waals surface area contributed by atoms with Crippen molar-refractivity contribution in [2.75, 3.05) is 40.8 Å². The average Bonchev–Trinajstić information content (AvgIpc) is 3.43. The van der Waals surface area contributed by atoms with Gasteiger partial charge in [0.2, 0.25) is 5.91 Å². The highest BCUT2D eigenvalue weighted by Gasteiger charge is 2.42. The lowest BCUT2D eigenvalue weighted by Gasteiger charge is -2.50. The highest BCUT2D eigenvalue weighted by molar-refractivity contribution is 5.86. The number of nitrogens with zero attached hydrogens (tertiary/aromatic N) is 2. The van der Waals surface area contributed by atoms with Gasteiger partial charge in [-0.15, -0.1) is 0 Å². The Hall–Kier alpha value is -2.44. The standard InChI is InChI=1S/C29H39FN2O3/c1-32(2,20-17-22-9-5-4-6-10-22)25-15-18-31(19-16-25)28(33)29(34,23-11-7-8-12-23)24-13-14-27(35-3)26(30)21-24/h4-6,9-10,13-14,21,23,25H,7-8,11-12,15-20H2,1-3H3. The normalized spacial score (nSPS) is 19.5. The molecular weight excluding hydrogens is 443 g/mol. The Labute approximate surface area is 209 Å². The topological polar surface area (TPSA) is 52.6 Å². The number of likely N-dealkylation sites (tertiary alicyclic amines) is 1. The Morgan fingerprint density at radius 2 is 1.74 bits per heavy atom. The van der Waals surface area contributed by atoms with Crippen LogP contribution in [0.2, 0.25) is 0 Å². The van der Waals surface area contributed by atoms with E-state index in [1.165, 1.54) is 24.8 Å². The van der Waals surface area contributed by atoms with Crippen molar-refractivity contribution in [1.29, 1.82) is 0 Å². The van der Waals surface area contributed by atoms with Crippen molar-refractivity contribution < 1.29 is 23.5 Å². The number of amides is 1. The maximum absolute atomic E-state index is 14.6. The molecule has 0 bridgehead atoms. The number of rotatable bonds is 8. The van der Waals surface area contributed by atoms with E-state index in [1.54, 1.807) is 11.0 Å². The molecule has 1 unspecified atom stereocenters. The number of hydrogen-bond acceptors (Lipinski definition) is 3. The second-order valence-electron chi connectivity index (χ2n) is 10.8. The van der Waals surface area contributed by atoms with Gasteiger partial charge >= 0.3 is 0 Å². The molecular formula is C29H39FN2O3. The summed E-state index contributed by atoms with van der Waals surface area (Å²) in [5.74, 6) is -1.20. The van der Waals surface area contributed by atoms with Crippen LogP contribution in [0.1, 0.15) is 49.7 Å². The predicted molar refractivity (Wildman–Crippen MR) is 133 cm³/mol. The van der Waals surface area contributed by atoms with Gasteiger partial charge < -0.3 is 19.2 Å². The summed E-state index contributed by atoms with van der Waals surface area (Å²) in [5.41, 5.74) is -0.381. The molecule has 1 amide bonds. The van der Waals surface area contributed by atoms with Crippen molar-refractivity contribution in [1.82, 2.24) is 4.90 Å². The molecule has 0 aromatic heterocycles. The van der Waals surface area contributed by atoms with Crippen LogP contribution in [0, 0.1) is 11.7 Å². The Bertz CT molecular complexity index is 998. The molecule has 4 rings (SSSR count). The van der Waals surface area contributed by atoms with Gasteiger partial charge in [0.15, 0.2) is 11.6 Å². The Balaban J connectivity index is 1.46. The largest absolute Gasteiger partial charge is 0.839 e. The summed E-state index contributed by atoms with van der Waals surface area (Å²) in [4.78, 5) is 15.5. The molecule has 2 aromatic rings. The zero-order chi connectivity index (χ0) is 25.1. The van der Waals surface area contributed by atoms with E-state index >= 15 is 0 Å². The van der Waals surface area contributed by atoms with Crippen molar-refractivity contribution >= 4 is 5.91 Å². The van der Waals surface area contributed by atoms with Crippen molar-refractivity contribution in [3.05, 3.63) is 65.5 Å². The third kappa shape index (κ3) is 5.39. The lowest BCUT2D eigenvalue weighted by Crippen LogP contribution is -2.62. The first kappa shape index (κ1) is 25.6. The van der Waals surface area contributed by atoms with Crippen LogP contribution in [-0.2, 0) is 16.8 Å². The van der Waals surface area contributed by atoms with E-state index in [9.17, 15) is 14.3 Å². The summed E-state index contributed by atoms with van der Waals surface area (Å²) in [7, 11) is 5.93. The number of carbonyl (C=O) groups excluding carboxylic acids is 1. The van der Waals surface area contributed by atoms with Crippen LogP contribution in [0.5, 0.6) is 5.75 Å². The van der Waals surface area contributed by atoms with Crippen molar-refractivity contribution in [2.45, 2.75) is 56.6 Å². The van der Waals surface area contributed by atoms with Crippen LogP contribution in [0.4, 0.5) is 4.39 Å². The fourth-order valence-electron chi connectivity index (χ4n) is 6.01. The molecule has 1 aliphatic heterocycles. The summed E-state index contributed by atoms with van der Waals surface area (Å²) in [6, 6.07) is 15.2. The smallest absolute Gasteiger partial charge is 0.216 e. The van der Waals surface area contributed by atoms with E-state index in [0.29, 0.717) is 32.0 Å². The lowest BCUT2D eigenvalue weighted by molar-refractivity contribution is -0.916. The number of quaternary nitrogens is 1. The zero-order valence-electron chi connectivity index (χ0n) is 21.3. The first-order valence-corrected chi connectivity index (χ1v) is 13.0. The Kier molecular flexibility index (Phi) is 7.82. The number of hydrogen-bond donors (Lipinski definition) is 0. The molecule has 5 nitrogen and oxygen atoms in total. The summed E-state index contributed by atoms with van der Waals surface area (Å²) in [6.07, 6.45) is 6.05. The van der Waals surface area contributed by atoms with E-state index in [1.807, 2.05) is 6.07 Å². The number of piperidine rings is 1. The molecule has 0 spiro atoms. The summed E-state index contributed by atoms with van der Waals surface area (Å²) < 4.78 is 20.5. The SMILES string of the molecule is COc1ccc(C([O-])(C(=O)N2CCC([N+](C)(C)CCc3ccccc3)CC2)C2CCCC2)cc1F. The molecule has 190 valence electrons. The quantitative estimate of drug-likeness (QED) is 0.537. The second-order valence-corrected chi connectivity index (χ2v) is 10.8. The molecule has 0 radical (unpaired) electrons. The van der Waals surface area contributed by atoms with Crippen LogP contribution in [0.25, 0.3) is 0 Å². The van der Waals surface area contributed by atoms with Gasteiger partial charge in [0.05, 0.1) is 33.8 Å².